The zero-order chi connectivity index (χ0) is 20.5. The Bertz CT molecular complexity index is 789. The second-order valence-corrected chi connectivity index (χ2v) is 9.47. The molecule has 1 amide bonds. The Kier molecular flexibility index (Phi) is 6.61. The standard InChI is InChI=1S/C18H24BrN2O6P/c1-21-12-5-8-14(21)17(18(23)26-2)15(9-12)27-28(24,25)13-6-3-11(4-7-13)20-16(22)10-19/h3-4,6-7,12,14-15,17H,5,8-10H2,1-2H3,(H,20,22)(H,24,25)/t12-,14+,15-,17+/m0/s1. The summed E-state index contributed by atoms with van der Waals surface area (Å²) in [4.78, 5) is 36.5. The molecule has 8 nitrogen and oxygen atoms in total. The third-order valence-corrected chi connectivity index (χ3v) is 7.58. The van der Waals surface area contributed by atoms with Crippen LogP contribution in [0.3, 0.4) is 0 Å². The van der Waals surface area contributed by atoms with E-state index >= 15 is 0 Å². The molecule has 2 aliphatic heterocycles. The van der Waals surface area contributed by atoms with Crippen LogP contribution in [-0.4, -0.2) is 59.3 Å². The van der Waals surface area contributed by atoms with Crippen LogP contribution in [0.5, 0.6) is 0 Å². The fourth-order valence-electron chi connectivity index (χ4n) is 4.15. The Morgan fingerprint density at radius 1 is 1.32 bits per heavy atom. The summed E-state index contributed by atoms with van der Waals surface area (Å²) in [6.07, 6.45) is 1.56. The van der Waals surface area contributed by atoms with Crippen molar-refractivity contribution >= 4 is 46.4 Å². The Labute approximate surface area is 172 Å². The predicted molar refractivity (Wildman–Crippen MR) is 108 cm³/mol. The molecule has 2 N–H and O–H groups in total. The number of piperidine rings is 1. The molecule has 154 valence electrons. The highest BCUT2D eigenvalue weighted by molar-refractivity contribution is 9.09. The van der Waals surface area contributed by atoms with Crippen LogP contribution in [0.4, 0.5) is 5.69 Å². The van der Waals surface area contributed by atoms with Gasteiger partial charge in [-0.2, -0.15) is 0 Å². The molecule has 28 heavy (non-hydrogen) atoms. The van der Waals surface area contributed by atoms with Gasteiger partial charge in [-0.05, 0) is 50.6 Å². The Morgan fingerprint density at radius 3 is 2.61 bits per heavy atom. The normalized spacial score (nSPS) is 29.1. The molecule has 0 aromatic heterocycles. The maximum absolute atomic E-state index is 12.9. The molecule has 3 rings (SSSR count). The largest absolute Gasteiger partial charge is 0.469 e. The summed E-state index contributed by atoms with van der Waals surface area (Å²) in [6, 6.07) is 6.13. The number of methoxy groups -OCH3 is 1. The number of benzene rings is 1. The maximum atomic E-state index is 12.9. The van der Waals surface area contributed by atoms with Crippen molar-refractivity contribution in [3.05, 3.63) is 24.3 Å². The van der Waals surface area contributed by atoms with Gasteiger partial charge in [-0.25, -0.2) is 0 Å². The first-order valence-electron chi connectivity index (χ1n) is 9.04. The summed E-state index contributed by atoms with van der Waals surface area (Å²) < 4.78 is 23.5. The molecule has 2 aliphatic rings. The summed E-state index contributed by atoms with van der Waals surface area (Å²) in [7, 11) is -0.872. The number of halogens is 1. The van der Waals surface area contributed by atoms with Crippen molar-refractivity contribution in [2.24, 2.45) is 5.92 Å². The van der Waals surface area contributed by atoms with E-state index in [0.29, 0.717) is 12.1 Å². The molecule has 1 aromatic rings. The number of alkyl halides is 1. The van der Waals surface area contributed by atoms with Crippen LogP contribution in [0, 0.1) is 5.92 Å². The summed E-state index contributed by atoms with van der Waals surface area (Å²) in [5.41, 5.74) is 0.512. The SMILES string of the molecule is COC(=O)[C@H]1[C@@H](OP(=O)(O)c2ccc(NC(=O)CBr)cc2)C[C@@H]2CC[C@H]1N2C. The average Bonchev–Trinajstić information content (AvgIpc) is 2.90. The third-order valence-electron chi connectivity index (χ3n) is 5.56. The number of esters is 1. The first-order valence-corrected chi connectivity index (χ1v) is 11.7. The molecule has 1 aromatic carbocycles. The molecule has 5 atom stereocenters. The van der Waals surface area contributed by atoms with E-state index in [9.17, 15) is 19.0 Å². The van der Waals surface area contributed by atoms with Gasteiger partial charge in [-0.1, -0.05) is 15.9 Å². The fourth-order valence-corrected chi connectivity index (χ4v) is 5.52. The Hall–Kier alpha value is -1.25. The molecule has 2 saturated heterocycles. The van der Waals surface area contributed by atoms with Gasteiger partial charge in [0.1, 0.15) is 0 Å². The lowest BCUT2D eigenvalue weighted by Gasteiger charge is -2.41. The van der Waals surface area contributed by atoms with Crippen molar-refractivity contribution in [2.45, 2.75) is 37.5 Å². The first-order chi connectivity index (χ1) is 13.3. The first kappa shape index (κ1) is 21.5. The highest BCUT2D eigenvalue weighted by atomic mass is 79.9. The molecular formula is C18H24BrN2O6P. The van der Waals surface area contributed by atoms with Crippen molar-refractivity contribution in [3.8, 4) is 0 Å². The molecule has 0 aliphatic carbocycles. The van der Waals surface area contributed by atoms with E-state index in [-0.39, 0.29) is 28.6 Å². The molecule has 1 unspecified atom stereocenters. The van der Waals surface area contributed by atoms with Crippen molar-refractivity contribution in [3.63, 3.8) is 0 Å². The summed E-state index contributed by atoms with van der Waals surface area (Å²) >= 11 is 3.06. The topological polar surface area (TPSA) is 105 Å². The van der Waals surface area contributed by atoms with Crippen LogP contribution in [0.1, 0.15) is 19.3 Å². The number of hydrogen-bond acceptors (Lipinski definition) is 6. The minimum absolute atomic E-state index is 0.0574. The number of ether oxygens (including phenoxy) is 1. The second-order valence-electron chi connectivity index (χ2n) is 7.14. The van der Waals surface area contributed by atoms with Crippen LogP contribution in [0.25, 0.3) is 0 Å². The number of carbonyl (C=O) groups excluding carboxylic acids is 2. The van der Waals surface area contributed by atoms with Gasteiger partial charge in [0, 0.05) is 17.8 Å². The van der Waals surface area contributed by atoms with Gasteiger partial charge in [0.05, 0.1) is 29.8 Å². The number of rotatable bonds is 6. The average molecular weight is 475 g/mol. The van der Waals surface area contributed by atoms with Crippen molar-refractivity contribution in [1.82, 2.24) is 4.90 Å². The zero-order valence-corrected chi connectivity index (χ0v) is 18.2. The predicted octanol–water partition coefficient (Wildman–Crippen LogP) is 1.87. The van der Waals surface area contributed by atoms with Crippen LogP contribution in [-0.2, 0) is 23.4 Å². The number of hydrogen-bond donors (Lipinski definition) is 2. The summed E-state index contributed by atoms with van der Waals surface area (Å²) in [6.45, 7) is 0. The van der Waals surface area contributed by atoms with Crippen molar-refractivity contribution < 1.29 is 28.3 Å². The maximum Gasteiger partial charge on any atom is 0.359 e. The molecule has 0 spiro atoms. The van der Waals surface area contributed by atoms with E-state index in [1.54, 1.807) is 0 Å². The quantitative estimate of drug-likeness (QED) is 0.368. The molecule has 0 radical (unpaired) electrons. The number of nitrogens with one attached hydrogen (secondary N) is 1. The lowest BCUT2D eigenvalue weighted by atomic mass is 9.88. The lowest BCUT2D eigenvalue weighted by molar-refractivity contribution is -0.154. The van der Waals surface area contributed by atoms with Gasteiger partial charge in [0.2, 0.25) is 5.91 Å². The molecule has 2 fully saturated rings. The zero-order valence-electron chi connectivity index (χ0n) is 15.7. The van der Waals surface area contributed by atoms with E-state index in [0.717, 1.165) is 12.8 Å². The number of amides is 1. The molecule has 2 bridgehead atoms. The van der Waals surface area contributed by atoms with Crippen LogP contribution in [0.2, 0.25) is 0 Å². The summed E-state index contributed by atoms with van der Waals surface area (Å²) in [5, 5.41) is 2.91. The van der Waals surface area contributed by atoms with Gasteiger partial charge >= 0.3 is 13.6 Å². The fraction of sp³-hybridized carbons (Fsp3) is 0.556. The van der Waals surface area contributed by atoms with Gasteiger partial charge in [0.15, 0.2) is 0 Å². The minimum Gasteiger partial charge on any atom is -0.469 e. The van der Waals surface area contributed by atoms with E-state index in [4.69, 9.17) is 9.26 Å². The van der Waals surface area contributed by atoms with Crippen LogP contribution >= 0.6 is 23.5 Å². The Morgan fingerprint density at radius 2 is 2.00 bits per heavy atom. The minimum atomic E-state index is -4.16. The molecule has 0 saturated carbocycles. The third kappa shape index (κ3) is 4.33. The van der Waals surface area contributed by atoms with E-state index in [1.165, 1.54) is 31.4 Å². The van der Waals surface area contributed by atoms with Gasteiger partial charge in [-0.15, -0.1) is 0 Å². The number of anilines is 1. The highest BCUT2D eigenvalue weighted by Crippen LogP contribution is 2.49. The van der Waals surface area contributed by atoms with E-state index in [2.05, 4.69) is 26.1 Å². The second kappa shape index (κ2) is 8.63. The molecular weight excluding hydrogens is 451 g/mol. The lowest BCUT2D eigenvalue weighted by Crippen LogP contribution is -2.53. The van der Waals surface area contributed by atoms with Crippen molar-refractivity contribution in [2.75, 3.05) is 24.8 Å². The number of nitrogens with zero attached hydrogens (tertiary/aromatic N) is 1. The molecule has 10 heteroatoms. The molecule has 2 heterocycles. The summed E-state index contributed by atoms with van der Waals surface area (Å²) in [5.74, 6) is -1.25. The Balaban J connectivity index is 1.77. The van der Waals surface area contributed by atoms with Crippen LogP contribution in [0.15, 0.2) is 24.3 Å². The van der Waals surface area contributed by atoms with Gasteiger partial charge < -0.3 is 19.5 Å². The number of fused-ring (bicyclic) bond motifs is 2. The van der Waals surface area contributed by atoms with Gasteiger partial charge in [0.25, 0.3) is 0 Å². The number of carbonyl (C=O) groups is 2. The van der Waals surface area contributed by atoms with Crippen LogP contribution < -0.4 is 10.6 Å². The smallest absolute Gasteiger partial charge is 0.359 e. The monoisotopic (exact) mass is 474 g/mol. The van der Waals surface area contributed by atoms with E-state index in [1.807, 2.05) is 7.05 Å². The van der Waals surface area contributed by atoms with E-state index < -0.39 is 25.6 Å². The van der Waals surface area contributed by atoms with Crippen molar-refractivity contribution in [1.29, 1.82) is 0 Å². The highest BCUT2D eigenvalue weighted by Gasteiger charge is 2.51. The van der Waals surface area contributed by atoms with Gasteiger partial charge in [-0.3, -0.25) is 19.1 Å².